The maximum Gasteiger partial charge on any atom is 0.330 e. The quantitative estimate of drug-likeness (QED) is 0.219. The Hall–Kier alpha value is -3.11. The van der Waals surface area contributed by atoms with Gasteiger partial charge in [0.15, 0.2) is 5.78 Å². The van der Waals surface area contributed by atoms with Crippen LogP contribution >= 0.6 is 11.8 Å². The molecule has 0 heterocycles. The van der Waals surface area contributed by atoms with Crippen molar-refractivity contribution in [1.29, 1.82) is 0 Å². The first-order chi connectivity index (χ1) is 14.1. The minimum absolute atomic E-state index is 0.172. The number of benzene rings is 3. The normalized spacial score (nSPS) is 11.2. The van der Waals surface area contributed by atoms with E-state index in [1.165, 1.54) is 30.5 Å². The Morgan fingerprint density at radius 1 is 0.862 bits per heavy atom. The third kappa shape index (κ3) is 5.69. The van der Waals surface area contributed by atoms with Gasteiger partial charge in [0, 0.05) is 27.9 Å². The molecule has 0 unspecified atom stereocenters. The van der Waals surface area contributed by atoms with Crippen LogP contribution in [0.25, 0.3) is 11.1 Å². The molecule has 0 bridgehead atoms. The molecule has 3 rings (SSSR count). The lowest BCUT2D eigenvalue weighted by molar-refractivity contribution is -0.134. The van der Waals surface area contributed by atoms with Gasteiger partial charge in [-0.15, -0.1) is 11.8 Å². The van der Waals surface area contributed by atoms with Crippen molar-refractivity contribution in [2.24, 2.45) is 0 Å². The van der Waals surface area contributed by atoms with Gasteiger partial charge in [-0.2, -0.15) is 0 Å². The smallest absolute Gasteiger partial charge is 0.330 e. The SMILES string of the molecule is COC(=O)C=C(CSc1ccc(C)cc1)C(=O)c1ccc(-c2ccccc2)cc1. The lowest BCUT2D eigenvalue weighted by Gasteiger charge is -2.08. The van der Waals surface area contributed by atoms with E-state index in [4.69, 9.17) is 4.74 Å². The number of hydrogen-bond donors (Lipinski definition) is 0. The van der Waals surface area contributed by atoms with Crippen molar-refractivity contribution in [2.75, 3.05) is 12.9 Å². The number of carbonyl (C=O) groups excluding carboxylic acids is 2. The summed E-state index contributed by atoms with van der Waals surface area (Å²) < 4.78 is 4.73. The second-order valence-corrected chi connectivity index (χ2v) is 7.62. The van der Waals surface area contributed by atoms with Crippen LogP contribution in [0.2, 0.25) is 0 Å². The molecule has 0 aliphatic carbocycles. The molecule has 0 radical (unpaired) electrons. The van der Waals surface area contributed by atoms with Gasteiger partial charge in [0.1, 0.15) is 0 Å². The predicted octanol–water partition coefficient (Wildman–Crippen LogP) is 5.74. The van der Waals surface area contributed by atoms with Crippen LogP contribution < -0.4 is 0 Å². The van der Waals surface area contributed by atoms with Crippen LogP contribution in [0.15, 0.2) is 95.4 Å². The molecule has 0 aliphatic rings. The first kappa shape index (κ1) is 20.6. The number of carbonyl (C=O) groups is 2. The lowest BCUT2D eigenvalue weighted by atomic mass is 10.00. The number of ether oxygens (including phenoxy) is 1. The average Bonchev–Trinajstić information content (AvgIpc) is 2.77. The number of thioether (sulfide) groups is 1. The Bertz CT molecular complexity index is 1000. The molecule has 3 aromatic rings. The molecule has 0 atom stereocenters. The Balaban J connectivity index is 1.79. The van der Waals surface area contributed by atoms with Gasteiger partial charge >= 0.3 is 5.97 Å². The molecule has 0 amide bonds. The minimum atomic E-state index is -0.529. The number of hydrogen-bond acceptors (Lipinski definition) is 4. The minimum Gasteiger partial charge on any atom is -0.466 e. The van der Waals surface area contributed by atoms with E-state index in [1.54, 1.807) is 12.1 Å². The summed E-state index contributed by atoms with van der Waals surface area (Å²) in [5.41, 5.74) is 4.26. The van der Waals surface area contributed by atoms with E-state index in [2.05, 4.69) is 0 Å². The first-order valence-electron chi connectivity index (χ1n) is 9.25. The van der Waals surface area contributed by atoms with Crippen molar-refractivity contribution in [1.82, 2.24) is 0 Å². The molecule has 0 saturated carbocycles. The fourth-order valence-electron chi connectivity index (χ4n) is 2.80. The van der Waals surface area contributed by atoms with Crippen LogP contribution in [0.3, 0.4) is 0 Å². The van der Waals surface area contributed by atoms with Gasteiger partial charge in [-0.25, -0.2) is 4.79 Å². The number of Topliss-reactive ketones (excluding diaryl/α,β-unsaturated/α-hetero) is 1. The third-order valence-electron chi connectivity index (χ3n) is 4.45. The maximum atomic E-state index is 13.0. The number of rotatable bonds is 7. The largest absolute Gasteiger partial charge is 0.466 e. The Morgan fingerprint density at radius 2 is 1.48 bits per heavy atom. The maximum absolute atomic E-state index is 13.0. The Labute approximate surface area is 175 Å². The summed E-state index contributed by atoms with van der Waals surface area (Å²) in [5, 5.41) is 0. The Morgan fingerprint density at radius 3 is 2.10 bits per heavy atom. The van der Waals surface area contributed by atoms with Gasteiger partial charge in [-0.3, -0.25) is 4.79 Å². The number of ketones is 1. The van der Waals surface area contributed by atoms with E-state index >= 15 is 0 Å². The van der Waals surface area contributed by atoms with Crippen molar-refractivity contribution in [3.8, 4) is 11.1 Å². The molecule has 3 aromatic carbocycles. The molecule has 0 fully saturated rings. The highest BCUT2D eigenvalue weighted by Gasteiger charge is 2.15. The summed E-state index contributed by atoms with van der Waals surface area (Å²) in [5.74, 6) is -0.314. The standard InChI is InChI=1S/C25H22O3S/c1-18-8-14-23(15-9-18)29-17-22(16-24(26)28-2)25(27)21-12-10-20(11-13-21)19-6-4-3-5-7-19/h3-16H,17H2,1-2H3. The van der Waals surface area contributed by atoms with Gasteiger partial charge in [-0.05, 0) is 30.2 Å². The first-order valence-corrected chi connectivity index (χ1v) is 10.2. The highest BCUT2D eigenvalue weighted by atomic mass is 32.2. The summed E-state index contributed by atoms with van der Waals surface area (Å²) >= 11 is 1.52. The number of methoxy groups -OCH3 is 1. The van der Waals surface area contributed by atoms with Crippen LogP contribution in [0.4, 0.5) is 0 Å². The zero-order valence-electron chi connectivity index (χ0n) is 16.4. The van der Waals surface area contributed by atoms with E-state index < -0.39 is 5.97 Å². The predicted molar refractivity (Wildman–Crippen MR) is 118 cm³/mol. The highest BCUT2D eigenvalue weighted by Crippen LogP contribution is 2.24. The van der Waals surface area contributed by atoms with E-state index in [-0.39, 0.29) is 5.78 Å². The lowest BCUT2D eigenvalue weighted by Crippen LogP contribution is -2.09. The van der Waals surface area contributed by atoms with Crippen LogP contribution in [0.1, 0.15) is 15.9 Å². The third-order valence-corrected chi connectivity index (χ3v) is 5.52. The molecule has 4 heteroatoms. The molecule has 0 spiro atoms. The Kier molecular flexibility index (Phi) is 7.04. The van der Waals surface area contributed by atoms with E-state index in [0.717, 1.165) is 16.0 Å². The topological polar surface area (TPSA) is 43.4 Å². The zero-order valence-corrected chi connectivity index (χ0v) is 17.2. The molecule has 0 aromatic heterocycles. The fraction of sp³-hybridized carbons (Fsp3) is 0.120. The van der Waals surface area contributed by atoms with Crippen LogP contribution in [-0.2, 0) is 9.53 Å². The van der Waals surface area contributed by atoms with Gasteiger partial charge in [0.05, 0.1) is 7.11 Å². The van der Waals surface area contributed by atoms with Crippen molar-refractivity contribution >= 4 is 23.5 Å². The van der Waals surface area contributed by atoms with Crippen molar-refractivity contribution in [3.63, 3.8) is 0 Å². The van der Waals surface area contributed by atoms with Crippen molar-refractivity contribution in [2.45, 2.75) is 11.8 Å². The van der Waals surface area contributed by atoms with Crippen molar-refractivity contribution in [3.05, 3.63) is 102 Å². The summed E-state index contributed by atoms with van der Waals surface area (Å²) in [6.45, 7) is 2.03. The summed E-state index contributed by atoms with van der Waals surface area (Å²) in [4.78, 5) is 25.9. The second-order valence-electron chi connectivity index (χ2n) is 6.57. The van der Waals surface area contributed by atoms with Crippen LogP contribution in [0, 0.1) is 6.92 Å². The van der Waals surface area contributed by atoms with Gasteiger partial charge in [-0.1, -0.05) is 72.3 Å². The average molecular weight is 403 g/mol. The second kappa shape index (κ2) is 9.89. The van der Waals surface area contributed by atoms with E-state index in [0.29, 0.717) is 16.9 Å². The van der Waals surface area contributed by atoms with Crippen LogP contribution in [0.5, 0.6) is 0 Å². The van der Waals surface area contributed by atoms with Crippen LogP contribution in [-0.4, -0.2) is 24.6 Å². The molecular formula is C25H22O3S. The van der Waals surface area contributed by atoms with Gasteiger partial charge in [0.2, 0.25) is 0 Å². The van der Waals surface area contributed by atoms with Gasteiger partial charge < -0.3 is 4.74 Å². The summed E-state index contributed by atoms with van der Waals surface area (Å²) in [6, 6.07) is 25.5. The summed E-state index contributed by atoms with van der Waals surface area (Å²) in [6.07, 6.45) is 1.29. The van der Waals surface area contributed by atoms with E-state index in [1.807, 2.05) is 73.7 Å². The van der Waals surface area contributed by atoms with Crippen molar-refractivity contribution < 1.29 is 14.3 Å². The highest BCUT2D eigenvalue weighted by molar-refractivity contribution is 7.99. The fourth-order valence-corrected chi connectivity index (χ4v) is 3.66. The molecule has 0 saturated heterocycles. The number of esters is 1. The summed E-state index contributed by atoms with van der Waals surface area (Å²) in [7, 11) is 1.31. The molecule has 29 heavy (non-hydrogen) atoms. The molecule has 146 valence electrons. The molecule has 3 nitrogen and oxygen atoms in total. The molecule has 0 N–H and O–H groups in total. The zero-order chi connectivity index (χ0) is 20.6. The monoisotopic (exact) mass is 402 g/mol. The molecular weight excluding hydrogens is 380 g/mol. The van der Waals surface area contributed by atoms with E-state index in [9.17, 15) is 9.59 Å². The number of aryl methyl sites for hydroxylation is 1. The molecule has 0 aliphatic heterocycles. The van der Waals surface area contributed by atoms with Gasteiger partial charge in [0.25, 0.3) is 0 Å².